The Morgan fingerprint density at radius 1 is 1.45 bits per heavy atom. The predicted molar refractivity (Wildman–Crippen MR) is 74.8 cm³/mol. The van der Waals surface area contributed by atoms with Crippen molar-refractivity contribution in [2.45, 2.75) is 26.8 Å². The number of nitrogen functional groups attached to an aromatic ring is 1. The molecule has 1 heterocycles. The lowest BCUT2D eigenvalue weighted by atomic mass is 10.1. The van der Waals surface area contributed by atoms with Crippen LogP contribution in [0.4, 0.5) is 10.1 Å². The van der Waals surface area contributed by atoms with E-state index in [1.165, 1.54) is 6.07 Å². The molecule has 0 saturated carbocycles. The van der Waals surface area contributed by atoms with Crippen molar-refractivity contribution in [3.8, 4) is 0 Å². The maximum absolute atomic E-state index is 13.5. The van der Waals surface area contributed by atoms with Crippen LogP contribution in [0.3, 0.4) is 0 Å². The molecule has 1 aromatic carbocycles. The first kappa shape index (κ1) is 14.0. The average molecular weight is 276 g/mol. The molecule has 1 aromatic heterocycles. The third-order valence-electron chi connectivity index (χ3n) is 3.25. The maximum atomic E-state index is 13.5. The number of carbonyl (C=O) groups is 1. The third-order valence-corrected chi connectivity index (χ3v) is 3.25. The first-order valence-electron chi connectivity index (χ1n) is 6.27. The van der Waals surface area contributed by atoms with E-state index in [0.29, 0.717) is 22.5 Å². The van der Waals surface area contributed by atoms with Crippen LogP contribution in [0.2, 0.25) is 0 Å². The summed E-state index contributed by atoms with van der Waals surface area (Å²) in [6, 6.07) is 4.54. The molecule has 0 spiro atoms. The van der Waals surface area contributed by atoms with Gasteiger partial charge in [0.15, 0.2) is 5.69 Å². The van der Waals surface area contributed by atoms with Gasteiger partial charge >= 0.3 is 0 Å². The number of halogens is 1. The summed E-state index contributed by atoms with van der Waals surface area (Å²) in [4.78, 5) is 12.0. The van der Waals surface area contributed by atoms with E-state index in [2.05, 4.69) is 15.5 Å². The number of carbonyl (C=O) groups excluding carboxylic acids is 1. The molecule has 1 amide bonds. The van der Waals surface area contributed by atoms with Gasteiger partial charge in [-0.05, 0) is 38.0 Å². The van der Waals surface area contributed by atoms with Crippen molar-refractivity contribution in [1.82, 2.24) is 15.5 Å². The highest BCUT2D eigenvalue weighted by Gasteiger charge is 2.18. The van der Waals surface area contributed by atoms with Crippen molar-refractivity contribution < 1.29 is 9.18 Å². The molecule has 20 heavy (non-hydrogen) atoms. The van der Waals surface area contributed by atoms with Crippen LogP contribution in [0.15, 0.2) is 18.2 Å². The molecule has 0 saturated heterocycles. The number of aromatic nitrogens is 2. The van der Waals surface area contributed by atoms with Crippen molar-refractivity contribution in [1.29, 1.82) is 0 Å². The number of H-pyrrole nitrogens is 1. The Labute approximate surface area is 116 Å². The second-order valence-corrected chi connectivity index (χ2v) is 4.81. The second-order valence-electron chi connectivity index (χ2n) is 4.81. The summed E-state index contributed by atoms with van der Waals surface area (Å²) in [6.07, 6.45) is 0. The molecular weight excluding hydrogens is 259 g/mol. The largest absolute Gasteiger partial charge is 0.395 e. The topological polar surface area (TPSA) is 83.8 Å². The van der Waals surface area contributed by atoms with Crippen LogP contribution >= 0.6 is 0 Å². The summed E-state index contributed by atoms with van der Waals surface area (Å²) in [6.45, 7) is 5.20. The molecule has 2 aromatic rings. The molecule has 0 radical (unpaired) electrons. The number of amides is 1. The number of rotatable bonds is 3. The van der Waals surface area contributed by atoms with E-state index in [9.17, 15) is 9.18 Å². The van der Waals surface area contributed by atoms with E-state index in [1.807, 2.05) is 0 Å². The first-order valence-corrected chi connectivity index (χ1v) is 6.27. The van der Waals surface area contributed by atoms with Gasteiger partial charge in [-0.15, -0.1) is 0 Å². The fourth-order valence-electron chi connectivity index (χ4n) is 1.84. The SMILES string of the molecule is Cc1ccc(C(C)NC(=O)c2n[nH]c(C)c2N)cc1F. The number of anilines is 1. The van der Waals surface area contributed by atoms with Crippen molar-refractivity contribution in [3.63, 3.8) is 0 Å². The van der Waals surface area contributed by atoms with E-state index in [-0.39, 0.29) is 23.5 Å². The van der Waals surface area contributed by atoms with Crippen molar-refractivity contribution in [2.75, 3.05) is 5.73 Å². The fourth-order valence-corrected chi connectivity index (χ4v) is 1.84. The first-order chi connectivity index (χ1) is 9.40. The van der Waals surface area contributed by atoms with Gasteiger partial charge < -0.3 is 11.1 Å². The summed E-state index contributed by atoms with van der Waals surface area (Å²) in [7, 11) is 0. The molecule has 0 bridgehead atoms. The monoisotopic (exact) mass is 276 g/mol. The molecule has 4 N–H and O–H groups in total. The molecule has 5 nitrogen and oxygen atoms in total. The van der Waals surface area contributed by atoms with Crippen LogP contribution in [-0.2, 0) is 0 Å². The second kappa shape index (κ2) is 5.32. The number of hydrogen-bond donors (Lipinski definition) is 3. The van der Waals surface area contributed by atoms with E-state index in [1.54, 1.807) is 32.9 Å². The standard InChI is InChI=1S/C14H17FN4O/c1-7-4-5-10(6-11(7)15)8(2)17-14(20)13-12(16)9(3)18-19-13/h4-6,8H,16H2,1-3H3,(H,17,20)(H,18,19). The Hall–Kier alpha value is -2.37. The van der Waals surface area contributed by atoms with Crippen molar-refractivity contribution in [2.24, 2.45) is 0 Å². The van der Waals surface area contributed by atoms with Crippen LogP contribution in [0.1, 0.15) is 40.3 Å². The number of benzene rings is 1. The fraction of sp³-hybridized carbons (Fsp3) is 0.286. The summed E-state index contributed by atoms with van der Waals surface area (Å²) in [5.74, 6) is -0.681. The van der Waals surface area contributed by atoms with Crippen LogP contribution < -0.4 is 11.1 Å². The average Bonchev–Trinajstić information content (AvgIpc) is 2.73. The van der Waals surface area contributed by atoms with Gasteiger partial charge in [-0.3, -0.25) is 9.89 Å². The molecule has 1 unspecified atom stereocenters. The lowest BCUT2D eigenvalue weighted by molar-refractivity contribution is 0.0935. The van der Waals surface area contributed by atoms with Gasteiger partial charge in [-0.2, -0.15) is 5.10 Å². The number of nitrogens with one attached hydrogen (secondary N) is 2. The number of nitrogens with two attached hydrogens (primary N) is 1. The van der Waals surface area contributed by atoms with E-state index >= 15 is 0 Å². The molecule has 106 valence electrons. The van der Waals surface area contributed by atoms with Gasteiger partial charge in [0.05, 0.1) is 17.4 Å². The van der Waals surface area contributed by atoms with Gasteiger partial charge in [0, 0.05) is 0 Å². The van der Waals surface area contributed by atoms with Gasteiger partial charge in [-0.1, -0.05) is 12.1 Å². The molecule has 0 aliphatic carbocycles. The molecule has 6 heteroatoms. The summed E-state index contributed by atoms with van der Waals surface area (Å²) in [5, 5.41) is 9.25. The lowest BCUT2D eigenvalue weighted by Gasteiger charge is -2.14. The third kappa shape index (κ3) is 2.64. The minimum atomic E-state index is -0.389. The highest BCUT2D eigenvalue weighted by Crippen LogP contribution is 2.18. The van der Waals surface area contributed by atoms with Crippen LogP contribution in [-0.4, -0.2) is 16.1 Å². The molecule has 2 rings (SSSR count). The quantitative estimate of drug-likeness (QED) is 0.803. The zero-order valence-corrected chi connectivity index (χ0v) is 11.6. The molecule has 0 aliphatic heterocycles. The normalized spacial score (nSPS) is 12.2. The van der Waals surface area contributed by atoms with Gasteiger partial charge in [0.1, 0.15) is 5.82 Å². The van der Waals surface area contributed by atoms with Gasteiger partial charge in [0.2, 0.25) is 0 Å². The molecule has 0 aliphatic rings. The van der Waals surface area contributed by atoms with E-state index < -0.39 is 0 Å². The van der Waals surface area contributed by atoms with Crippen LogP contribution in [0, 0.1) is 19.7 Å². The zero-order valence-electron chi connectivity index (χ0n) is 11.6. The highest BCUT2D eigenvalue weighted by molar-refractivity contribution is 5.97. The van der Waals surface area contributed by atoms with E-state index in [0.717, 1.165) is 0 Å². The minimum Gasteiger partial charge on any atom is -0.395 e. The Morgan fingerprint density at radius 3 is 2.70 bits per heavy atom. The Balaban J connectivity index is 2.15. The number of aromatic amines is 1. The molecule has 1 atom stereocenters. The minimum absolute atomic E-state index is 0.155. The number of aryl methyl sites for hydroxylation is 2. The lowest BCUT2D eigenvalue weighted by Crippen LogP contribution is -2.27. The Bertz CT molecular complexity index is 651. The van der Waals surface area contributed by atoms with Crippen LogP contribution in [0.5, 0.6) is 0 Å². The van der Waals surface area contributed by atoms with E-state index in [4.69, 9.17) is 5.73 Å². The smallest absolute Gasteiger partial charge is 0.274 e. The Kier molecular flexibility index (Phi) is 3.74. The zero-order chi connectivity index (χ0) is 14.9. The maximum Gasteiger partial charge on any atom is 0.274 e. The summed E-state index contributed by atoms with van der Waals surface area (Å²) in [5.41, 5.74) is 8.12. The predicted octanol–water partition coefficient (Wildman–Crippen LogP) is 2.24. The molecular formula is C14H17FN4O. The van der Waals surface area contributed by atoms with Crippen molar-refractivity contribution in [3.05, 3.63) is 46.5 Å². The number of hydrogen-bond acceptors (Lipinski definition) is 3. The van der Waals surface area contributed by atoms with Gasteiger partial charge in [-0.25, -0.2) is 4.39 Å². The van der Waals surface area contributed by atoms with Crippen molar-refractivity contribution >= 4 is 11.6 Å². The Morgan fingerprint density at radius 2 is 2.15 bits per heavy atom. The summed E-state index contributed by atoms with van der Waals surface area (Å²) < 4.78 is 13.5. The highest BCUT2D eigenvalue weighted by atomic mass is 19.1. The molecule has 0 fully saturated rings. The van der Waals surface area contributed by atoms with Gasteiger partial charge in [0.25, 0.3) is 5.91 Å². The van der Waals surface area contributed by atoms with Crippen LogP contribution in [0.25, 0.3) is 0 Å². The number of nitrogens with zero attached hydrogens (tertiary/aromatic N) is 1. The summed E-state index contributed by atoms with van der Waals surface area (Å²) >= 11 is 0.